The lowest BCUT2D eigenvalue weighted by Gasteiger charge is -2.25. The normalized spacial score (nSPS) is 18.3. The molecular formula is C15H18IN3O4. The Hall–Kier alpha value is -1.68. The third-order valence-corrected chi connectivity index (χ3v) is 4.26. The van der Waals surface area contributed by atoms with Gasteiger partial charge in [-0.05, 0) is 53.3 Å². The zero-order valence-electron chi connectivity index (χ0n) is 12.9. The van der Waals surface area contributed by atoms with Gasteiger partial charge < -0.3 is 15.2 Å². The minimum Gasteiger partial charge on any atom is -0.468 e. The number of carbonyl (C=O) groups excluding carboxylic acids is 2. The number of esters is 2. The molecule has 0 aliphatic carbocycles. The first-order valence-corrected chi connectivity index (χ1v) is 8.08. The highest BCUT2D eigenvalue weighted by atomic mass is 125. The average Bonchev–Trinajstić information content (AvgIpc) is 2.97. The molecule has 124 valence electrons. The van der Waals surface area contributed by atoms with Crippen LogP contribution in [0.5, 0.6) is 0 Å². The highest BCUT2D eigenvalue weighted by Crippen LogP contribution is 2.28. The van der Waals surface area contributed by atoms with Gasteiger partial charge in [-0.1, -0.05) is 0 Å². The lowest BCUT2D eigenvalue weighted by molar-refractivity contribution is -0.142. The second kappa shape index (κ2) is 7.73. The monoisotopic (exact) mass is 429 g/mol. The number of nitrogens with two attached hydrogens (primary N) is 1. The van der Waals surface area contributed by atoms with Crippen LogP contribution in [0, 0.1) is 3.57 Å². The Bertz CT molecular complexity index is 618. The van der Waals surface area contributed by atoms with Crippen molar-refractivity contribution in [1.82, 2.24) is 0 Å². The quantitative estimate of drug-likeness (QED) is 0.560. The van der Waals surface area contributed by atoms with Crippen LogP contribution in [0.3, 0.4) is 0 Å². The minimum atomic E-state index is -0.774. The van der Waals surface area contributed by atoms with Crippen molar-refractivity contribution >= 4 is 45.9 Å². The van der Waals surface area contributed by atoms with Crippen molar-refractivity contribution in [2.24, 2.45) is 10.8 Å². The van der Waals surface area contributed by atoms with Crippen LogP contribution in [0.25, 0.3) is 0 Å². The van der Waals surface area contributed by atoms with E-state index >= 15 is 0 Å². The summed E-state index contributed by atoms with van der Waals surface area (Å²) in [5.41, 5.74) is 6.99. The summed E-state index contributed by atoms with van der Waals surface area (Å²) < 4.78 is 10.5. The van der Waals surface area contributed by atoms with Crippen molar-refractivity contribution in [2.45, 2.75) is 24.9 Å². The first-order chi connectivity index (χ1) is 11.0. The van der Waals surface area contributed by atoms with E-state index in [-0.39, 0.29) is 6.04 Å². The third kappa shape index (κ3) is 4.20. The number of ether oxygens (including phenoxy) is 2. The second-order valence-electron chi connectivity index (χ2n) is 5.08. The molecule has 0 fully saturated rings. The van der Waals surface area contributed by atoms with Crippen LogP contribution in [-0.4, -0.2) is 44.0 Å². The van der Waals surface area contributed by atoms with Crippen LogP contribution in [0.4, 0.5) is 5.69 Å². The summed E-state index contributed by atoms with van der Waals surface area (Å²) in [5, 5.41) is 6.06. The fraction of sp³-hybridized carbons (Fsp3) is 0.400. The van der Waals surface area contributed by atoms with Crippen molar-refractivity contribution in [3.63, 3.8) is 0 Å². The molecule has 2 N–H and O–H groups in total. The molecule has 2 rings (SSSR count). The maximum atomic E-state index is 11.8. The molecule has 23 heavy (non-hydrogen) atoms. The van der Waals surface area contributed by atoms with Gasteiger partial charge in [0.15, 0.2) is 0 Å². The minimum absolute atomic E-state index is 0.210. The van der Waals surface area contributed by atoms with Crippen molar-refractivity contribution in [2.75, 3.05) is 19.2 Å². The number of carbonyl (C=O) groups is 2. The van der Waals surface area contributed by atoms with Gasteiger partial charge in [-0.15, -0.1) is 0 Å². The third-order valence-electron chi connectivity index (χ3n) is 3.55. The van der Waals surface area contributed by atoms with E-state index in [1.54, 1.807) is 5.01 Å². The van der Waals surface area contributed by atoms with Gasteiger partial charge in [0, 0.05) is 9.99 Å². The number of anilines is 1. The number of nitrogens with zero attached hydrogens (tertiary/aromatic N) is 2. The van der Waals surface area contributed by atoms with E-state index in [1.165, 1.54) is 14.2 Å². The summed E-state index contributed by atoms with van der Waals surface area (Å²) in [7, 11) is 2.61. The molecule has 0 unspecified atom stereocenters. The van der Waals surface area contributed by atoms with Gasteiger partial charge in [-0.3, -0.25) is 9.80 Å². The fourth-order valence-corrected chi connectivity index (χ4v) is 2.75. The number of halogens is 1. The molecule has 0 saturated heterocycles. The number of hydrogen-bond acceptors (Lipinski definition) is 7. The standard InChI is InChI=1S/C15H18IN3O4/c1-22-14(20)12(17)7-11-8-13(15(21)23-2)18-19(11)10-5-3-9(16)4-6-10/h3-6,11-12H,7-8,17H2,1-2H3/t11-,12-/m0/s1/i16-2. The summed E-state index contributed by atoms with van der Waals surface area (Å²) >= 11 is 2.21. The molecular weight excluding hydrogens is 411 g/mol. The Labute approximate surface area is 147 Å². The largest absolute Gasteiger partial charge is 0.468 e. The Morgan fingerprint density at radius 1 is 1.35 bits per heavy atom. The van der Waals surface area contributed by atoms with Gasteiger partial charge in [0.2, 0.25) is 0 Å². The Kier molecular flexibility index (Phi) is 5.94. The zero-order chi connectivity index (χ0) is 17.0. The Morgan fingerprint density at radius 3 is 2.57 bits per heavy atom. The number of methoxy groups -OCH3 is 2. The molecule has 1 aromatic rings. The van der Waals surface area contributed by atoms with E-state index in [0.29, 0.717) is 18.6 Å². The van der Waals surface area contributed by atoms with Gasteiger partial charge in [-0.2, -0.15) is 5.10 Å². The van der Waals surface area contributed by atoms with Crippen LogP contribution in [0.2, 0.25) is 0 Å². The zero-order valence-corrected chi connectivity index (χ0v) is 15.0. The first kappa shape index (κ1) is 17.7. The SMILES string of the molecule is COC(=O)C1=NN(c2ccc([125I])cc2)[C@@H](C[C@H](N)C(=O)OC)C1. The maximum Gasteiger partial charge on any atom is 0.354 e. The molecule has 1 heterocycles. The predicted molar refractivity (Wildman–Crippen MR) is 94.1 cm³/mol. The van der Waals surface area contributed by atoms with Gasteiger partial charge >= 0.3 is 11.9 Å². The van der Waals surface area contributed by atoms with Crippen molar-refractivity contribution in [1.29, 1.82) is 0 Å². The molecule has 7 nitrogen and oxygen atoms in total. The van der Waals surface area contributed by atoms with Crippen LogP contribution >= 0.6 is 22.6 Å². The first-order valence-electron chi connectivity index (χ1n) is 7.00. The van der Waals surface area contributed by atoms with E-state index in [1.807, 2.05) is 24.3 Å². The molecule has 0 bridgehead atoms. The van der Waals surface area contributed by atoms with Crippen LogP contribution in [0.1, 0.15) is 12.8 Å². The number of hydrazone groups is 1. The Morgan fingerprint density at radius 2 is 2.00 bits per heavy atom. The highest BCUT2D eigenvalue weighted by Gasteiger charge is 2.34. The summed E-state index contributed by atoms with van der Waals surface area (Å²) in [6.45, 7) is 0. The summed E-state index contributed by atoms with van der Waals surface area (Å²) in [6.07, 6.45) is 0.687. The van der Waals surface area contributed by atoms with Crippen LogP contribution in [0.15, 0.2) is 29.4 Å². The van der Waals surface area contributed by atoms with Crippen LogP contribution < -0.4 is 10.7 Å². The van der Waals surface area contributed by atoms with Crippen molar-refractivity contribution < 1.29 is 19.1 Å². The highest BCUT2D eigenvalue weighted by molar-refractivity contribution is 14.1. The predicted octanol–water partition coefficient (Wildman–Crippen LogP) is 1.29. The van der Waals surface area contributed by atoms with Gasteiger partial charge in [-0.25, -0.2) is 4.79 Å². The summed E-state index contributed by atoms with van der Waals surface area (Å²) in [4.78, 5) is 23.3. The fourth-order valence-electron chi connectivity index (χ4n) is 2.39. The number of rotatable bonds is 5. The topological polar surface area (TPSA) is 94.2 Å². The molecule has 1 aliphatic heterocycles. The second-order valence-corrected chi connectivity index (χ2v) is 6.33. The number of benzene rings is 1. The lowest BCUT2D eigenvalue weighted by atomic mass is 10.0. The molecule has 1 aliphatic rings. The lowest BCUT2D eigenvalue weighted by Crippen LogP contribution is -2.39. The summed E-state index contributed by atoms with van der Waals surface area (Å²) in [6, 6.07) is 6.71. The molecule has 0 amide bonds. The van der Waals surface area contributed by atoms with Crippen molar-refractivity contribution in [3.8, 4) is 0 Å². The van der Waals surface area contributed by atoms with E-state index in [4.69, 9.17) is 10.5 Å². The molecule has 2 atom stereocenters. The van der Waals surface area contributed by atoms with E-state index in [9.17, 15) is 9.59 Å². The van der Waals surface area contributed by atoms with Crippen LogP contribution in [-0.2, 0) is 19.1 Å². The molecule has 0 spiro atoms. The van der Waals surface area contributed by atoms with E-state index in [0.717, 1.165) is 9.26 Å². The van der Waals surface area contributed by atoms with Gasteiger partial charge in [0.25, 0.3) is 0 Å². The molecule has 0 radical (unpaired) electrons. The Balaban J connectivity index is 2.24. The van der Waals surface area contributed by atoms with E-state index < -0.39 is 18.0 Å². The molecule has 0 saturated carbocycles. The number of hydrogen-bond donors (Lipinski definition) is 1. The smallest absolute Gasteiger partial charge is 0.354 e. The van der Waals surface area contributed by atoms with Gasteiger partial charge in [0.1, 0.15) is 11.8 Å². The van der Waals surface area contributed by atoms with E-state index in [2.05, 4.69) is 32.4 Å². The van der Waals surface area contributed by atoms with Gasteiger partial charge in [0.05, 0.1) is 25.9 Å². The summed E-state index contributed by atoms with van der Waals surface area (Å²) in [5.74, 6) is -0.964. The average molecular weight is 429 g/mol. The molecule has 1 aromatic carbocycles. The van der Waals surface area contributed by atoms with Crippen molar-refractivity contribution in [3.05, 3.63) is 27.8 Å². The molecule has 0 aromatic heterocycles. The molecule has 8 heteroatoms. The maximum absolute atomic E-state index is 11.8.